The molecule has 0 aliphatic rings. The summed E-state index contributed by atoms with van der Waals surface area (Å²) in [5, 5.41) is 10.4. The van der Waals surface area contributed by atoms with Crippen LogP contribution in [0.2, 0.25) is 0 Å². The lowest BCUT2D eigenvalue weighted by molar-refractivity contribution is 0.571. The molecule has 0 unspecified atom stereocenters. The summed E-state index contributed by atoms with van der Waals surface area (Å²) in [5.74, 6) is 7.02. The second-order valence-electron chi connectivity index (χ2n) is 7.56. The molecule has 7 heteroatoms. The molecule has 28 heavy (non-hydrogen) atoms. The molecular weight excluding hydrogens is 368 g/mol. The van der Waals surface area contributed by atoms with Gasteiger partial charge in [0.15, 0.2) is 10.9 Å². The van der Waals surface area contributed by atoms with Crippen LogP contribution in [0.4, 0.5) is 10.9 Å². The van der Waals surface area contributed by atoms with E-state index in [1.807, 2.05) is 29.6 Å². The Morgan fingerprint density at radius 2 is 1.89 bits per heavy atom. The molecule has 1 aromatic carbocycles. The van der Waals surface area contributed by atoms with Gasteiger partial charge in [-0.1, -0.05) is 11.8 Å². The Kier molecular flexibility index (Phi) is 4.28. The number of fused-ring (bicyclic) bond motifs is 1. The molecule has 0 saturated heterocycles. The number of nitrogens with one attached hydrogen (secondary N) is 1. The Labute approximate surface area is 167 Å². The summed E-state index contributed by atoms with van der Waals surface area (Å²) in [5.41, 5.74) is 17.0. The Hall–Kier alpha value is -3.37. The highest BCUT2D eigenvalue weighted by Crippen LogP contribution is 2.31. The summed E-state index contributed by atoms with van der Waals surface area (Å²) in [4.78, 5) is 8.75. The van der Waals surface area contributed by atoms with Crippen molar-refractivity contribution in [1.82, 2.24) is 20.2 Å². The van der Waals surface area contributed by atoms with Crippen molar-refractivity contribution in [2.24, 2.45) is 5.41 Å². The fourth-order valence-electron chi connectivity index (χ4n) is 2.82. The predicted octanol–water partition coefficient (Wildman–Crippen LogP) is 4.31. The lowest BCUT2D eigenvalue weighted by Crippen LogP contribution is -1.99. The minimum Gasteiger partial charge on any atom is -0.382 e. The van der Waals surface area contributed by atoms with Gasteiger partial charge in [-0.3, -0.25) is 10.1 Å². The molecule has 0 aliphatic carbocycles. The van der Waals surface area contributed by atoms with E-state index >= 15 is 0 Å². The first-order valence-corrected chi connectivity index (χ1v) is 9.67. The molecule has 3 aromatic heterocycles. The zero-order chi connectivity index (χ0) is 19.9. The van der Waals surface area contributed by atoms with Crippen LogP contribution in [0, 0.1) is 17.3 Å². The molecule has 4 aromatic rings. The average Bonchev–Trinajstić information content (AvgIpc) is 3.25. The van der Waals surface area contributed by atoms with E-state index in [2.05, 4.69) is 52.8 Å². The largest absolute Gasteiger partial charge is 0.382 e. The number of benzene rings is 1. The second-order valence-corrected chi connectivity index (χ2v) is 8.45. The predicted molar refractivity (Wildman–Crippen MR) is 116 cm³/mol. The molecule has 0 spiro atoms. The van der Waals surface area contributed by atoms with Gasteiger partial charge in [-0.25, -0.2) is 4.98 Å². The number of thiazole rings is 1. The van der Waals surface area contributed by atoms with Gasteiger partial charge in [-0.15, -0.1) is 11.3 Å². The number of aromatic amines is 1. The molecule has 0 amide bonds. The van der Waals surface area contributed by atoms with Crippen LogP contribution >= 0.6 is 11.3 Å². The highest BCUT2D eigenvalue weighted by molar-refractivity contribution is 7.13. The van der Waals surface area contributed by atoms with Crippen molar-refractivity contribution in [3.63, 3.8) is 0 Å². The van der Waals surface area contributed by atoms with Crippen molar-refractivity contribution in [2.75, 3.05) is 11.5 Å². The molecule has 0 bridgehead atoms. The van der Waals surface area contributed by atoms with Crippen molar-refractivity contribution < 1.29 is 0 Å². The van der Waals surface area contributed by atoms with Crippen LogP contribution < -0.4 is 11.5 Å². The third kappa shape index (κ3) is 3.55. The van der Waals surface area contributed by atoms with E-state index in [1.165, 1.54) is 11.3 Å². The Morgan fingerprint density at radius 1 is 1.07 bits per heavy atom. The third-order valence-corrected chi connectivity index (χ3v) is 4.83. The zero-order valence-corrected chi connectivity index (χ0v) is 16.7. The fraction of sp³-hybridized carbons (Fsp3) is 0.190. The smallest absolute Gasteiger partial charge is 0.180 e. The molecule has 140 valence electrons. The first-order valence-electron chi connectivity index (χ1n) is 8.79. The molecule has 4 rings (SSSR count). The molecule has 0 atom stereocenters. The van der Waals surface area contributed by atoms with Crippen LogP contribution in [0.3, 0.4) is 0 Å². The highest BCUT2D eigenvalue weighted by atomic mass is 32.1. The zero-order valence-electron chi connectivity index (χ0n) is 15.9. The van der Waals surface area contributed by atoms with Crippen molar-refractivity contribution in [1.29, 1.82) is 0 Å². The summed E-state index contributed by atoms with van der Waals surface area (Å²) in [6, 6.07) is 8.02. The van der Waals surface area contributed by atoms with Gasteiger partial charge in [0.1, 0.15) is 5.69 Å². The molecule has 0 radical (unpaired) electrons. The molecule has 5 N–H and O–H groups in total. The van der Waals surface area contributed by atoms with E-state index in [4.69, 9.17) is 11.5 Å². The van der Waals surface area contributed by atoms with Crippen LogP contribution in [-0.2, 0) is 0 Å². The third-order valence-electron chi connectivity index (χ3n) is 4.15. The normalized spacial score (nSPS) is 11.4. The Morgan fingerprint density at radius 3 is 2.61 bits per heavy atom. The lowest BCUT2D eigenvalue weighted by Gasteiger charge is -2.08. The summed E-state index contributed by atoms with van der Waals surface area (Å²) in [7, 11) is 0. The lowest BCUT2D eigenvalue weighted by atomic mass is 9.96. The number of aromatic nitrogens is 4. The standard InChI is InChI=1S/C21H20N6S/c1-21(2,3)6-4-13-8-14(9-15-18(13)26-27-19(15)22)12-5-7-24-16(10-12)17-11-28-20(23)25-17/h5,7-11H,1-3H3,(H2,23,25)(H3,22,26,27). The van der Waals surface area contributed by atoms with E-state index < -0.39 is 0 Å². The summed E-state index contributed by atoms with van der Waals surface area (Å²) in [6.45, 7) is 6.24. The van der Waals surface area contributed by atoms with E-state index in [1.54, 1.807) is 6.20 Å². The van der Waals surface area contributed by atoms with Gasteiger partial charge < -0.3 is 11.5 Å². The van der Waals surface area contributed by atoms with Crippen molar-refractivity contribution in [3.8, 4) is 34.4 Å². The Balaban J connectivity index is 1.87. The number of pyridine rings is 1. The van der Waals surface area contributed by atoms with Gasteiger partial charge in [-0.2, -0.15) is 5.10 Å². The fourth-order valence-corrected chi connectivity index (χ4v) is 3.37. The minimum absolute atomic E-state index is 0.109. The summed E-state index contributed by atoms with van der Waals surface area (Å²) >= 11 is 1.40. The number of H-pyrrole nitrogens is 1. The van der Waals surface area contributed by atoms with Crippen LogP contribution in [0.25, 0.3) is 33.4 Å². The van der Waals surface area contributed by atoms with E-state index in [9.17, 15) is 0 Å². The molecular formula is C21H20N6S. The van der Waals surface area contributed by atoms with Crippen LogP contribution in [-0.4, -0.2) is 20.2 Å². The maximum absolute atomic E-state index is 6.07. The van der Waals surface area contributed by atoms with Gasteiger partial charge in [0.25, 0.3) is 0 Å². The number of nitrogens with zero attached hydrogens (tertiary/aromatic N) is 3. The van der Waals surface area contributed by atoms with Crippen molar-refractivity contribution >= 4 is 33.2 Å². The van der Waals surface area contributed by atoms with Gasteiger partial charge >= 0.3 is 0 Å². The summed E-state index contributed by atoms with van der Waals surface area (Å²) in [6.07, 6.45) is 1.77. The number of hydrogen-bond donors (Lipinski definition) is 3. The van der Waals surface area contributed by atoms with Gasteiger partial charge in [0.2, 0.25) is 0 Å². The average molecular weight is 389 g/mol. The number of nitrogens with two attached hydrogens (primary N) is 2. The van der Waals surface area contributed by atoms with Crippen LogP contribution in [0.15, 0.2) is 35.8 Å². The number of nitrogen functional groups attached to an aromatic ring is 2. The number of hydrogen-bond acceptors (Lipinski definition) is 6. The highest BCUT2D eigenvalue weighted by Gasteiger charge is 2.12. The van der Waals surface area contributed by atoms with Gasteiger partial charge in [0.05, 0.1) is 16.8 Å². The van der Waals surface area contributed by atoms with Gasteiger partial charge in [-0.05, 0) is 56.2 Å². The van der Waals surface area contributed by atoms with Gasteiger partial charge in [0, 0.05) is 22.4 Å². The minimum atomic E-state index is -0.109. The number of rotatable bonds is 2. The maximum Gasteiger partial charge on any atom is 0.180 e. The van der Waals surface area contributed by atoms with E-state index in [0.717, 1.165) is 39.0 Å². The SMILES string of the molecule is CC(C)(C)C#Cc1cc(-c2ccnc(-c3csc(N)n3)c2)cc2c(N)n[nH]c12. The summed E-state index contributed by atoms with van der Waals surface area (Å²) < 4.78 is 0. The molecule has 3 heterocycles. The van der Waals surface area contributed by atoms with Crippen molar-refractivity contribution in [2.45, 2.75) is 20.8 Å². The molecule has 0 fully saturated rings. The van der Waals surface area contributed by atoms with Crippen LogP contribution in [0.1, 0.15) is 26.3 Å². The number of anilines is 2. The quantitative estimate of drug-likeness (QED) is 0.444. The second kappa shape index (κ2) is 6.66. The Bertz CT molecular complexity index is 1230. The van der Waals surface area contributed by atoms with Crippen molar-refractivity contribution in [3.05, 3.63) is 41.4 Å². The molecule has 0 saturated carbocycles. The first-order chi connectivity index (χ1) is 13.3. The topological polar surface area (TPSA) is 106 Å². The molecule has 0 aliphatic heterocycles. The monoisotopic (exact) mass is 388 g/mol. The maximum atomic E-state index is 6.07. The van der Waals surface area contributed by atoms with E-state index in [0.29, 0.717) is 10.9 Å². The van der Waals surface area contributed by atoms with E-state index in [-0.39, 0.29) is 5.41 Å². The van der Waals surface area contributed by atoms with Crippen LogP contribution in [0.5, 0.6) is 0 Å². The first kappa shape index (κ1) is 18.0. The molecule has 6 nitrogen and oxygen atoms in total.